The van der Waals surface area contributed by atoms with Gasteiger partial charge < -0.3 is 19.9 Å². The van der Waals surface area contributed by atoms with Crippen LogP contribution in [0.15, 0.2) is 18.2 Å². The summed E-state index contributed by atoms with van der Waals surface area (Å²) in [6.45, 7) is -0.478. The molecule has 0 aliphatic rings. The highest BCUT2D eigenvalue weighted by Gasteiger charge is 2.07. The predicted octanol–water partition coefficient (Wildman–Crippen LogP) is 0.206. The Morgan fingerprint density at radius 1 is 1.56 bits per heavy atom. The van der Waals surface area contributed by atoms with E-state index in [0.717, 1.165) is 0 Å². The van der Waals surface area contributed by atoms with E-state index in [4.69, 9.17) is 19.8 Å². The second-order valence-corrected chi connectivity index (χ2v) is 3.36. The summed E-state index contributed by atoms with van der Waals surface area (Å²) in [4.78, 5) is 11.2. The van der Waals surface area contributed by atoms with Crippen molar-refractivity contribution in [3.63, 3.8) is 0 Å². The quantitative estimate of drug-likeness (QED) is 0.704. The van der Waals surface area contributed by atoms with Crippen molar-refractivity contribution in [2.75, 3.05) is 20.3 Å². The maximum Gasteiger partial charge on any atom is 0.258 e. The van der Waals surface area contributed by atoms with E-state index >= 15 is 0 Å². The number of nitriles is 1. The van der Waals surface area contributed by atoms with Crippen LogP contribution in [0.3, 0.4) is 0 Å². The van der Waals surface area contributed by atoms with Crippen molar-refractivity contribution in [1.29, 1.82) is 5.26 Å². The van der Waals surface area contributed by atoms with Gasteiger partial charge in [0.1, 0.15) is 18.0 Å². The fraction of sp³-hybridized carbons (Fsp3) is 0.333. The highest BCUT2D eigenvalue weighted by atomic mass is 16.5. The SMILES string of the molecule is COc1ccc(CO)c(OCC(=O)NCC#N)c1. The minimum Gasteiger partial charge on any atom is -0.497 e. The van der Waals surface area contributed by atoms with Crippen LogP contribution >= 0.6 is 0 Å². The van der Waals surface area contributed by atoms with Gasteiger partial charge in [-0.25, -0.2) is 0 Å². The first-order chi connectivity index (χ1) is 8.71. The Balaban J connectivity index is 2.65. The van der Waals surface area contributed by atoms with Gasteiger partial charge in [-0.1, -0.05) is 0 Å². The molecule has 1 rings (SSSR count). The minimum absolute atomic E-state index is 0.0623. The van der Waals surface area contributed by atoms with Crippen LogP contribution in [0.2, 0.25) is 0 Å². The molecule has 0 aromatic heterocycles. The first-order valence-corrected chi connectivity index (χ1v) is 5.25. The molecule has 0 aliphatic heterocycles. The van der Waals surface area contributed by atoms with Crippen LogP contribution in [0.5, 0.6) is 11.5 Å². The third-order valence-electron chi connectivity index (χ3n) is 2.17. The third kappa shape index (κ3) is 3.96. The number of hydrogen-bond donors (Lipinski definition) is 2. The maximum atomic E-state index is 11.2. The zero-order chi connectivity index (χ0) is 13.4. The lowest BCUT2D eigenvalue weighted by molar-refractivity contribution is -0.122. The molecular weight excluding hydrogens is 236 g/mol. The monoisotopic (exact) mass is 250 g/mol. The number of amides is 1. The zero-order valence-corrected chi connectivity index (χ0v) is 9.97. The highest BCUT2D eigenvalue weighted by Crippen LogP contribution is 2.24. The second-order valence-electron chi connectivity index (χ2n) is 3.36. The van der Waals surface area contributed by atoms with E-state index in [9.17, 15) is 4.79 Å². The molecule has 96 valence electrons. The van der Waals surface area contributed by atoms with Crippen LogP contribution in [-0.2, 0) is 11.4 Å². The van der Waals surface area contributed by atoms with Crippen LogP contribution in [-0.4, -0.2) is 31.3 Å². The van der Waals surface area contributed by atoms with Crippen LogP contribution in [0.1, 0.15) is 5.56 Å². The fourth-order valence-corrected chi connectivity index (χ4v) is 1.26. The molecule has 2 N–H and O–H groups in total. The second kappa shape index (κ2) is 7.14. The summed E-state index contributed by atoms with van der Waals surface area (Å²) < 4.78 is 10.3. The molecule has 0 bridgehead atoms. The van der Waals surface area contributed by atoms with Crippen molar-refractivity contribution in [3.8, 4) is 17.6 Å². The first-order valence-electron chi connectivity index (χ1n) is 5.25. The number of rotatable bonds is 6. The van der Waals surface area contributed by atoms with E-state index in [1.807, 2.05) is 0 Å². The molecule has 0 heterocycles. The number of carbonyl (C=O) groups is 1. The van der Waals surface area contributed by atoms with Gasteiger partial charge in [0.2, 0.25) is 0 Å². The van der Waals surface area contributed by atoms with Crippen LogP contribution in [0.25, 0.3) is 0 Å². The molecule has 0 aliphatic carbocycles. The summed E-state index contributed by atoms with van der Waals surface area (Å²) in [5.41, 5.74) is 0.559. The minimum atomic E-state index is -0.400. The van der Waals surface area contributed by atoms with Gasteiger partial charge in [-0.15, -0.1) is 0 Å². The number of nitrogens with one attached hydrogen (secondary N) is 1. The third-order valence-corrected chi connectivity index (χ3v) is 2.17. The summed E-state index contributed by atoms with van der Waals surface area (Å²) in [6, 6.07) is 6.72. The molecular formula is C12H14N2O4. The van der Waals surface area contributed by atoms with Crippen molar-refractivity contribution in [2.45, 2.75) is 6.61 Å². The molecule has 0 saturated heterocycles. The summed E-state index contributed by atoms with van der Waals surface area (Å²) in [6.07, 6.45) is 0. The average molecular weight is 250 g/mol. The highest BCUT2D eigenvalue weighted by molar-refractivity contribution is 5.77. The largest absolute Gasteiger partial charge is 0.497 e. The number of methoxy groups -OCH3 is 1. The van der Waals surface area contributed by atoms with E-state index in [0.29, 0.717) is 17.1 Å². The molecule has 1 aromatic rings. The number of aliphatic hydroxyl groups is 1. The zero-order valence-electron chi connectivity index (χ0n) is 9.97. The standard InChI is InChI=1S/C12H14N2O4/c1-17-10-3-2-9(7-15)11(6-10)18-8-12(16)14-5-4-13/h2-3,6,15H,5,7-8H2,1H3,(H,14,16). The molecule has 1 amide bonds. The number of ether oxygens (including phenoxy) is 2. The van der Waals surface area contributed by atoms with Gasteiger partial charge >= 0.3 is 0 Å². The Hall–Kier alpha value is -2.26. The molecule has 1 aromatic carbocycles. The van der Waals surface area contributed by atoms with Gasteiger partial charge in [-0.05, 0) is 12.1 Å². The molecule has 0 fully saturated rings. The lowest BCUT2D eigenvalue weighted by Gasteiger charge is -2.11. The fourth-order valence-electron chi connectivity index (χ4n) is 1.26. The van der Waals surface area contributed by atoms with Gasteiger partial charge in [0.05, 0.1) is 19.8 Å². The number of hydrogen-bond acceptors (Lipinski definition) is 5. The topological polar surface area (TPSA) is 91.6 Å². The van der Waals surface area contributed by atoms with Gasteiger partial charge in [0.15, 0.2) is 6.61 Å². The van der Waals surface area contributed by atoms with E-state index in [-0.39, 0.29) is 19.8 Å². The lowest BCUT2D eigenvalue weighted by Crippen LogP contribution is -2.29. The smallest absolute Gasteiger partial charge is 0.258 e. The van der Waals surface area contributed by atoms with Gasteiger partial charge in [-0.3, -0.25) is 4.79 Å². The van der Waals surface area contributed by atoms with Crippen molar-refractivity contribution in [1.82, 2.24) is 5.32 Å². The number of nitrogens with zero attached hydrogens (tertiary/aromatic N) is 1. The van der Waals surface area contributed by atoms with Crippen molar-refractivity contribution >= 4 is 5.91 Å². The molecule has 6 heteroatoms. The molecule has 0 atom stereocenters. The van der Waals surface area contributed by atoms with E-state index in [2.05, 4.69) is 5.32 Å². The number of aliphatic hydroxyl groups excluding tert-OH is 1. The van der Waals surface area contributed by atoms with E-state index in [1.165, 1.54) is 7.11 Å². The first kappa shape index (κ1) is 13.8. The number of benzene rings is 1. The van der Waals surface area contributed by atoms with E-state index < -0.39 is 5.91 Å². The van der Waals surface area contributed by atoms with Crippen LogP contribution in [0.4, 0.5) is 0 Å². The Bertz CT molecular complexity index is 454. The Morgan fingerprint density at radius 3 is 2.94 bits per heavy atom. The number of carbonyl (C=O) groups excluding carboxylic acids is 1. The maximum absolute atomic E-state index is 11.2. The Morgan fingerprint density at radius 2 is 2.33 bits per heavy atom. The van der Waals surface area contributed by atoms with Crippen molar-refractivity contribution in [2.24, 2.45) is 0 Å². The van der Waals surface area contributed by atoms with Crippen LogP contribution < -0.4 is 14.8 Å². The molecule has 6 nitrogen and oxygen atoms in total. The summed E-state index contributed by atoms with van der Waals surface area (Å²) in [5.74, 6) is 0.548. The molecule has 18 heavy (non-hydrogen) atoms. The van der Waals surface area contributed by atoms with E-state index in [1.54, 1.807) is 24.3 Å². The van der Waals surface area contributed by atoms with Gasteiger partial charge in [0.25, 0.3) is 5.91 Å². The Labute approximate surface area is 105 Å². The average Bonchev–Trinajstić information content (AvgIpc) is 2.42. The molecule has 0 radical (unpaired) electrons. The summed E-state index contributed by atoms with van der Waals surface area (Å²) in [5, 5.41) is 19.8. The lowest BCUT2D eigenvalue weighted by atomic mass is 10.2. The van der Waals surface area contributed by atoms with Gasteiger partial charge in [-0.2, -0.15) is 5.26 Å². The predicted molar refractivity (Wildman–Crippen MR) is 63.0 cm³/mol. The summed E-state index contributed by atoms with van der Waals surface area (Å²) >= 11 is 0. The van der Waals surface area contributed by atoms with Gasteiger partial charge in [0, 0.05) is 11.6 Å². The summed E-state index contributed by atoms with van der Waals surface area (Å²) in [7, 11) is 1.51. The molecule has 0 spiro atoms. The van der Waals surface area contributed by atoms with Crippen LogP contribution in [0, 0.1) is 11.3 Å². The van der Waals surface area contributed by atoms with Crippen molar-refractivity contribution in [3.05, 3.63) is 23.8 Å². The molecule has 0 saturated carbocycles. The van der Waals surface area contributed by atoms with Crippen molar-refractivity contribution < 1.29 is 19.4 Å². The Kier molecular flexibility index (Phi) is 5.48. The molecule has 0 unspecified atom stereocenters. The normalized spacial score (nSPS) is 9.39.